The fourth-order valence-electron chi connectivity index (χ4n) is 4.72. The van der Waals surface area contributed by atoms with Crippen molar-refractivity contribution in [1.29, 1.82) is 0 Å². The van der Waals surface area contributed by atoms with Crippen LogP contribution in [0.5, 0.6) is 0 Å². The molecule has 0 radical (unpaired) electrons. The number of hydrogen-bond donors (Lipinski definition) is 1. The summed E-state index contributed by atoms with van der Waals surface area (Å²) >= 11 is 0. The standard InChI is InChI=1S/C25H30N10O/c1-3-5-9-21-16-34(23-30-27-18-33(23)14-4-2)24(36)35(21)17-25(10-12-26-13-11-25)20-8-6-7-19(15-20)22-28-31-32-29-22/h6-8,10,12-13,15-16,18H,3-5,9,11,14,17H2,1-2H3,(H,28,29,31,32). The summed E-state index contributed by atoms with van der Waals surface area (Å²) in [6.07, 6.45) is 13.8. The van der Waals surface area contributed by atoms with Gasteiger partial charge in [0.05, 0.1) is 0 Å². The summed E-state index contributed by atoms with van der Waals surface area (Å²) < 4.78 is 5.45. The van der Waals surface area contributed by atoms with E-state index in [-0.39, 0.29) is 5.69 Å². The Kier molecular flexibility index (Phi) is 6.70. The largest absolute Gasteiger partial charge is 0.335 e. The van der Waals surface area contributed by atoms with Gasteiger partial charge in [-0.15, -0.1) is 20.4 Å². The van der Waals surface area contributed by atoms with Crippen LogP contribution in [0, 0.1) is 0 Å². The first kappa shape index (κ1) is 23.6. The molecule has 0 saturated heterocycles. The Labute approximate surface area is 208 Å². The van der Waals surface area contributed by atoms with E-state index in [0.29, 0.717) is 24.7 Å². The molecule has 4 heterocycles. The van der Waals surface area contributed by atoms with Gasteiger partial charge in [-0.2, -0.15) is 5.21 Å². The maximum absolute atomic E-state index is 13.9. The Hall–Kier alpha value is -4.15. The van der Waals surface area contributed by atoms with Crippen LogP contribution in [-0.4, -0.2) is 50.7 Å². The zero-order valence-electron chi connectivity index (χ0n) is 20.6. The van der Waals surface area contributed by atoms with E-state index in [1.54, 1.807) is 10.9 Å². The van der Waals surface area contributed by atoms with Gasteiger partial charge in [0.2, 0.25) is 11.8 Å². The summed E-state index contributed by atoms with van der Waals surface area (Å²) in [4.78, 5) is 18.2. The Morgan fingerprint density at radius 3 is 2.83 bits per heavy atom. The van der Waals surface area contributed by atoms with E-state index in [2.05, 4.69) is 67.9 Å². The number of unbranched alkanes of at least 4 members (excludes halogenated alkanes) is 1. The number of tetrazole rings is 1. The van der Waals surface area contributed by atoms with Crippen molar-refractivity contribution in [3.8, 4) is 17.3 Å². The minimum absolute atomic E-state index is 0.115. The highest BCUT2D eigenvalue weighted by molar-refractivity contribution is 5.65. The first-order valence-electron chi connectivity index (χ1n) is 12.4. The second-order valence-electron chi connectivity index (χ2n) is 9.11. The van der Waals surface area contributed by atoms with Gasteiger partial charge in [-0.25, -0.2) is 9.36 Å². The fraction of sp³-hybridized carbons (Fsp3) is 0.400. The average Bonchev–Trinajstić information content (AvgIpc) is 3.66. The predicted molar refractivity (Wildman–Crippen MR) is 136 cm³/mol. The van der Waals surface area contributed by atoms with Gasteiger partial charge < -0.3 is 0 Å². The van der Waals surface area contributed by atoms with Crippen LogP contribution in [0.15, 0.2) is 58.9 Å². The van der Waals surface area contributed by atoms with Crippen LogP contribution in [0.4, 0.5) is 0 Å². The average molecular weight is 487 g/mol. The molecule has 0 amide bonds. The summed E-state index contributed by atoms with van der Waals surface area (Å²) in [6, 6.07) is 8.10. The van der Waals surface area contributed by atoms with E-state index < -0.39 is 5.41 Å². The van der Waals surface area contributed by atoms with Crippen LogP contribution in [0.3, 0.4) is 0 Å². The van der Waals surface area contributed by atoms with Crippen molar-refractivity contribution in [1.82, 2.24) is 44.5 Å². The highest BCUT2D eigenvalue weighted by atomic mass is 16.2. The van der Waals surface area contributed by atoms with Gasteiger partial charge in [0.25, 0.3) is 0 Å². The van der Waals surface area contributed by atoms with E-state index in [4.69, 9.17) is 0 Å². The number of imidazole rings is 1. The lowest BCUT2D eigenvalue weighted by Crippen LogP contribution is -2.37. The highest BCUT2D eigenvalue weighted by Crippen LogP contribution is 2.35. The number of rotatable bonds is 10. The number of benzene rings is 1. The van der Waals surface area contributed by atoms with Gasteiger partial charge in [0, 0.05) is 48.4 Å². The van der Waals surface area contributed by atoms with Crippen molar-refractivity contribution in [3.05, 3.63) is 70.8 Å². The summed E-state index contributed by atoms with van der Waals surface area (Å²) in [5.74, 6) is 1.08. The van der Waals surface area contributed by atoms with E-state index in [9.17, 15) is 4.79 Å². The van der Waals surface area contributed by atoms with Crippen molar-refractivity contribution in [2.75, 3.05) is 0 Å². The number of aliphatic imine (C=N–C) groups is 1. The number of hydrogen-bond acceptors (Lipinski definition) is 7. The Bertz CT molecular complexity index is 1430. The van der Waals surface area contributed by atoms with Gasteiger partial charge in [-0.05, 0) is 42.5 Å². The van der Waals surface area contributed by atoms with Crippen LogP contribution in [0.1, 0.15) is 50.8 Å². The summed E-state index contributed by atoms with van der Waals surface area (Å²) in [7, 11) is 0. The molecule has 11 heteroatoms. The number of aromatic nitrogens is 9. The van der Waals surface area contributed by atoms with Crippen LogP contribution in [-0.2, 0) is 24.9 Å². The fourth-order valence-corrected chi connectivity index (χ4v) is 4.72. The molecule has 36 heavy (non-hydrogen) atoms. The number of allylic oxidation sites excluding steroid dienone is 1. The molecule has 5 rings (SSSR count). The Balaban J connectivity index is 1.60. The third kappa shape index (κ3) is 4.43. The predicted octanol–water partition coefficient (Wildman–Crippen LogP) is 3.09. The number of aromatic amines is 1. The second kappa shape index (κ2) is 10.2. The lowest BCUT2D eigenvalue weighted by atomic mass is 9.76. The van der Waals surface area contributed by atoms with E-state index in [1.807, 2.05) is 39.9 Å². The van der Waals surface area contributed by atoms with E-state index in [1.165, 1.54) is 0 Å². The molecule has 0 fully saturated rings. The maximum Gasteiger partial charge on any atom is 0.335 e. The molecular weight excluding hydrogens is 456 g/mol. The zero-order valence-corrected chi connectivity index (χ0v) is 20.6. The maximum atomic E-state index is 13.9. The molecule has 1 aromatic carbocycles. The molecule has 3 aromatic heterocycles. The number of aryl methyl sites for hydroxylation is 2. The molecule has 0 aliphatic carbocycles. The molecule has 0 saturated carbocycles. The lowest BCUT2D eigenvalue weighted by Gasteiger charge is -2.32. The van der Waals surface area contributed by atoms with Crippen molar-refractivity contribution in [2.24, 2.45) is 4.99 Å². The van der Waals surface area contributed by atoms with Gasteiger partial charge in [0.1, 0.15) is 6.33 Å². The molecule has 11 nitrogen and oxygen atoms in total. The topological polar surface area (TPSA) is 124 Å². The van der Waals surface area contributed by atoms with Crippen molar-refractivity contribution < 1.29 is 0 Å². The molecule has 1 atom stereocenters. The summed E-state index contributed by atoms with van der Waals surface area (Å²) in [6.45, 7) is 5.46. The van der Waals surface area contributed by atoms with Gasteiger partial charge >= 0.3 is 5.69 Å². The second-order valence-corrected chi connectivity index (χ2v) is 9.11. The molecule has 1 aliphatic heterocycles. The normalized spacial score (nSPS) is 17.2. The zero-order chi connectivity index (χ0) is 25.0. The first-order chi connectivity index (χ1) is 17.6. The van der Waals surface area contributed by atoms with Crippen molar-refractivity contribution in [2.45, 2.75) is 64.5 Å². The molecular formula is C25H30N10O. The summed E-state index contributed by atoms with van der Waals surface area (Å²) in [5.41, 5.74) is 2.33. The smallest absolute Gasteiger partial charge is 0.299 e. The van der Waals surface area contributed by atoms with Crippen LogP contribution >= 0.6 is 0 Å². The van der Waals surface area contributed by atoms with E-state index >= 15 is 0 Å². The minimum Gasteiger partial charge on any atom is -0.299 e. The third-order valence-electron chi connectivity index (χ3n) is 6.65. The molecule has 0 spiro atoms. The quantitative estimate of drug-likeness (QED) is 0.367. The first-order valence-corrected chi connectivity index (χ1v) is 12.4. The van der Waals surface area contributed by atoms with Gasteiger partial charge in [-0.1, -0.05) is 44.5 Å². The third-order valence-corrected chi connectivity index (χ3v) is 6.65. The number of H-pyrrole nitrogens is 1. The van der Waals surface area contributed by atoms with Crippen molar-refractivity contribution >= 4 is 6.21 Å². The van der Waals surface area contributed by atoms with Crippen LogP contribution < -0.4 is 5.69 Å². The van der Waals surface area contributed by atoms with E-state index in [0.717, 1.165) is 49.0 Å². The Morgan fingerprint density at radius 2 is 2.08 bits per heavy atom. The summed E-state index contributed by atoms with van der Waals surface area (Å²) in [5, 5.41) is 22.8. The number of nitrogens with one attached hydrogen (secondary N) is 1. The lowest BCUT2D eigenvalue weighted by molar-refractivity contribution is 0.438. The SMILES string of the molecule is CCCCc1cn(-c2nncn2CCC)c(=O)n1CC1(c2cccc(-c3nn[nH]n3)c2)C=CN=CC1. The molecule has 1 unspecified atom stereocenters. The monoisotopic (exact) mass is 486 g/mol. The Morgan fingerprint density at radius 1 is 1.17 bits per heavy atom. The molecule has 1 aliphatic rings. The van der Waals surface area contributed by atoms with Gasteiger partial charge in [-0.3, -0.25) is 14.1 Å². The highest BCUT2D eigenvalue weighted by Gasteiger charge is 2.33. The molecule has 4 aromatic rings. The van der Waals surface area contributed by atoms with Crippen LogP contribution in [0.2, 0.25) is 0 Å². The molecule has 186 valence electrons. The molecule has 0 bridgehead atoms. The van der Waals surface area contributed by atoms with Crippen molar-refractivity contribution in [3.63, 3.8) is 0 Å². The number of nitrogens with zero attached hydrogens (tertiary/aromatic N) is 9. The van der Waals surface area contributed by atoms with Gasteiger partial charge in [0.15, 0.2) is 0 Å². The minimum atomic E-state index is -0.463. The van der Waals surface area contributed by atoms with Crippen LogP contribution in [0.25, 0.3) is 17.3 Å². The molecule has 1 N–H and O–H groups in total.